The number of rotatable bonds is 10. The highest BCUT2D eigenvalue weighted by Crippen LogP contribution is 2.30. The molecular formula is C23H32N3O4+. The van der Waals surface area contributed by atoms with Gasteiger partial charge in [-0.2, -0.15) is 0 Å². The van der Waals surface area contributed by atoms with Crippen molar-refractivity contribution in [3.8, 4) is 11.5 Å². The molecule has 30 heavy (non-hydrogen) atoms. The predicted octanol–water partition coefficient (Wildman–Crippen LogP) is 2.19. The highest BCUT2D eigenvalue weighted by molar-refractivity contribution is 5.93. The molecular weight excluding hydrogens is 382 g/mol. The lowest BCUT2D eigenvalue weighted by atomic mass is 10.1. The van der Waals surface area contributed by atoms with Gasteiger partial charge in [0.1, 0.15) is 0 Å². The largest absolute Gasteiger partial charge is 0.490 e. The molecule has 7 heteroatoms. The molecule has 2 amide bonds. The van der Waals surface area contributed by atoms with E-state index in [1.807, 2.05) is 52.9 Å². The zero-order valence-corrected chi connectivity index (χ0v) is 18.4. The number of nitrogens with one attached hydrogen (secondary N) is 3. The van der Waals surface area contributed by atoms with Crippen molar-refractivity contribution in [3.63, 3.8) is 0 Å². The Balaban J connectivity index is 1.89. The van der Waals surface area contributed by atoms with Gasteiger partial charge in [-0.3, -0.25) is 9.59 Å². The van der Waals surface area contributed by atoms with E-state index >= 15 is 0 Å². The van der Waals surface area contributed by atoms with Crippen molar-refractivity contribution >= 4 is 23.2 Å². The van der Waals surface area contributed by atoms with Gasteiger partial charge in [0.2, 0.25) is 0 Å². The first-order valence-electron chi connectivity index (χ1n) is 10.2. The van der Waals surface area contributed by atoms with Crippen molar-refractivity contribution in [3.05, 3.63) is 47.5 Å². The Morgan fingerprint density at radius 2 is 1.50 bits per heavy atom. The highest BCUT2D eigenvalue weighted by atomic mass is 16.5. The third kappa shape index (κ3) is 7.08. The molecule has 0 spiro atoms. The van der Waals surface area contributed by atoms with Gasteiger partial charge in [-0.05, 0) is 51.5 Å². The summed E-state index contributed by atoms with van der Waals surface area (Å²) in [4.78, 5) is 25.5. The normalized spacial score (nSPS) is 11.5. The third-order valence-electron chi connectivity index (χ3n) is 4.41. The summed E-state index contributed by atoms with van der Waals surface area (Å²) in [6.45, 7) is 9.15. The van der Waals surface area contributed by atoms with E-state index in [4.69, 9.17) is 9.47 Å². The van der Waals surface area contributed by atoms with E-state index in [0.29, 0.717) is 30.4 Å². The highest BCUT2D eigenvalue weighted by Gasteiger charge is 2.16. The molecule has 0 fully saturated rings. The SMILES string of the molecule is CCOc1ccc(NC(=O)C[NH+](C)CC(=O)Nc2ccc(C)cc2C)cc1OCC. The third-order valence-corrected chi connectivity index (χ3v) is 4.41. The molecule has 0 heterocycles. The number of benzene rings is 2. The summed E-state index contributed by atoms with van der Waals surface area (Å²) < 4.78 is 11.1. The molecule has 0 saturated carbocycles. The monoisotopic (exact) mass is 414 g/mol. The number of anilines is 2. The average molecular weight is 415 g/mol. The Kier molecular flexibility index (Phi) is 8.68. The number of ether oxygens (including phenoxy) is 2. The Morgan fingerprint density at radius 1 is 0.867 bits per heavy atom. The van der Waals surface area contributed by atoms with E-state index in [9.17, 15) is 9.59 Å². The molecule has 0 aliphatic carbocycles. The van der Waals surface area contributed by atoms with Crippen LogP contribution in [0, 0.1) is 13.8 Å². The summed E-state index contributed by atoms with van der Waals surface area (Å²) in [5.41, 5.74) is 3.58. The zero-order valence-electron chi connectivity index (χ0n) is 18.4. The smallest absolute Gasteiger partial charge is 0.279 e. The number of carbonyl (C=O) groups is 2. The Morgan fingerprint density at radius 3 is 2.13 bits per heavy atom. The molecule has 0 aliphatic heterocycles. The Bertz CT molecular complexity index is 883. The number of hydrogen-bond donors (Lipinski definition) is 3. The second kappa shape index (κ2) is 11.2. The van der Waals surface area contributed by atoms with E-state index in [-0.39, 0.29) is 24.9 Å². The Hall–Kier alpha value is -3.06. The van der Waals surface area contributed by atoms with E-state index in [2.05, 4.69) is 10.6 Å². The first-order chi connectivity index (χ1) is 14.3. The summed E-state index contributed by atoms with van der Waals surface area (Å²) in [6.07, 6.45) is 0. The first-order valence-corrected chi connectivity index (χ1v) is 10.2. The number of carbonyl (C=O) groups excluding carboxylic acids is 2. The van der Waals surface area contributed by atoms with Gasteiger partial charge in [0.25, 0.3) is 11.8 Å². The average Bonchev–Trinajstić information content (AvgIpc) is 2.66. The van der Waals surface area contributed by atoms with E-state index in [0.717, 1.165) is 21.7 Å². The van der Waals surface area contributed by atoms with Gasteiger partial charge in [-0.1, -0.05) is 17.7 Å². The maximum atomic E-state index is 12.4. The lowest BCUT2D eigenvalue weighted by Gasteiger charge is -2.16. The molecule has 0 aliphatic rings. The van der Waals surface area contributed by atoms with Crippen LogP contribution in [0.25, 0.3) is 0 Å². The fourth-order valence-corrected chi connectivity index (χ4v) is 3.09. The van der Waals surface area contributed by atoms with Crippen LogP contribution in [0.1, 0.15) is 25.0 Å². The minimum Gasteiger partial charge on any atom is -0.490 e. The van der Waals surface area contributed by atoms with Crippen molar-refractivity contribution in [1.29, 1.82) is 0 Å². The number of aryl methyl sites for hydroxylation is 2. The van der Waals surface area contributed by atoms with Crippen LogP contribution in [0.5, 0.6) is 11.5 Å². The standard InChI is InChI=1S/C23H31N3O4/c1-6-29-20-11-9-18(13-21(20)30-7-2)24-22(27)14-26(5)15-23(28)25-19-10-8-16(3)12-17(19)4/h8-13H,6-7,14-15H2,1-5H3,(H,24,27)(H,25,28)/p+1. The van der Waals surface area contributed by atoms with Crippen LogP contribution in [-0.2, 0) is 9.59 Å². The molecule has 2 rings (SSSR count). The summed E-state index contributed by atoms with van der Waals surface area (Å²) in [5, 5.41) is 5.76. The molecule has 0 saturated heterocycles. The van der Waals surface area contributed by atoms with Crippen molar-refractivity contribution in [1.82, 2.24) is 0 Å². The van der Waals surface area contributed by atoms with Gasteiger partial charge in [-0.15, -0.1) is 0 Å². The summed E-state index contributed by atoms with van der Waals surface area (Å²) in [6, 6.07) is 11.2. The van der Waals surface area contributed by atoms with Crippen LogP contribution in [-0.4, -0.2) is 45.2 Å². The van der Waals surface area contributed by atoms with Crippen LogP contribution in [0.4, 0.5) is 11.4 Å². The molecule has 1 unspecified atom stereocenters. The minimum atomic E-state index is -0.182. The predicted molar refractivity (Wildman–Crippen MR) is 119 cm³/mol. The van der Waals surface area contributed by atoms with Crippen molar-refractivity contribution in [2.45, 2.75) is 27.7 Å². The van der Waals surface area contributed by atoms with E-state index in [1.54, 1.807) is 18.2 Å². The van der Waals surface area contributed by atoms with Crippen LogP contribution >= 0.6 is 0 Å². The lowest BCUT2D eigenvalue weighted by Crippen LogP contribution is -3.11. The van der Waals surface area contributed by atoms with Gasteiger partial charge < -0.3 is 25.0 Å². The topological polar surface area (TPSA) is 81.1 Å². The molecule has 162 valence electrons. The number of likely N-dealkylation sites (N-methyl/N-ethyl adjacent to an activating group) is 1. The second-order valence-electron chi connectivity index (χ2n) is 7.25. The minimum absolute atomic E-state index is 0.132. The quantitative estimate of drug-likeness (QED) is 0.557. The van der Waals surface area contributed by atoms with Crippen molar-refractivity contribution < 1.29 is 24.0 Å². The van der Waals surface area contributed by atoms with Crippen LogP contribution in [0.2, 0.25) is 0 Å². The van der Waals surface area contributed by atoms with Gasteiger partial charge >= 0.3 is 0 Å². The fourth-order valence-electron chi connectivity index (χ4n) is 3.09. The molecule has 0 aromatic heterocycles. The van der Waals surface area contributed by atoms with E-state index < -0.39 is 0 Å². The van der Waals surface area contributed by atoms with Gasteiger partial charge in [-0.25, -0.2) is 0 Å². The summed E-state index contributed by atoms with van der Waals surface area (Å²) in [5.74, 6) is 0.916. The van der Waals surface area contributed by atoms with Gasteiger partial charge in [0.05, 0.1) is 20.3 Å². The van der Waals surface area contributed by atoms with Gasteiger partial charge in [0, 0.05) is 17.4 Å². The molecule has 7 nitrogen and oxygen atoms in total. The second-order valence-corrected chi connectivity index (χ2v) is 7.25. The molecule has 1 atom stereocenters. The maximum Gasteiger partial charge on any atom is 0.279 e. The number of hydrogen-bond acceptors (Lipinski definition) is 4. The first kappa shape index (κ1) is 23.2. The Labute approximate surface area is 178 Å². The fraction of sp³-hybridized carbons (Fsp3) is 0.391. The maximum absolute atomic E-state index is 12.4. The summed E-state index contributed by atoms with van der Waals surface area (Å²) >= 11 is 0. The number of amides is 2. The summed E-state index contributed by atoms with van der Waals surface area (Å²) in [7, 11) is 1.81. The van der Waals surface area contributed by atoms with Gasteiger partial charge in [0.15, 0.2) is 24.6 Å². The molecule has 0 radical (unpaired) electrons. The molecule has 3 N–H and O–H groups in total. The van der Waals surface area contributed by atoms with E-state index in [1.165, 1.54) is 0 Å². The van der Waals surface area contributed by atoms with Crippen LogP contribution < -0.4 is 25.0 Å². The molecule has 2 aromatic rings. The van der Waals surface area contributed by atoms with Crippen molar-refractivity contribution in [2.24, 2.45) is 0 Å². The number of quaternary nitrogens is 1. The van der Waals surface area contributed by atoms with Crippen LogP contribution in [0.15, 0.2) is 36.4 Å². The van der Waals surface area contributed by atoms with Crippen LogP contribution in [0.3, 0.4) is 0 Å². The lowest BCUT2D eigenvalue weighted by molar-refractivity contribution is -0.862. The molecule has 2 aromatic carbocycles. The zero-order chi connectivity index (χ0) is 22.1. The van der Waals surface area contributed by atoms with Crippen molar-refractivity contribution in [2.75, 3.05) is 44.0 Å². The molecule has 0 bridgehead atoms.